The number of Topliss-reactive ketones (excluding diaryl/α,β-unsaturated/α-hetero) is 1. The summed E-state index contributed by atoms with van der Waals surface area (Å²) in [4.78, 5) is 18.3. The van der Waals surface area contributed by atoms with Crippen molar-refractivity contribution in [3.8, 4) is 5.75 Å². The maximum absolute atomic E-state index is 11.5. The van der Waals surface area contributed by atoms with E-state index in [-0.39, 0.29) is 5.69 Å². The monoisotopic (exact) mass is 261 g/mol. The van der Waals surface area contributed by atoms with Gasteiger partial charge in [-0.3, -0.25) is 4.79 Å². The molecule has 0 saturated carbocycles. The van der Waals surface area contributed by atoms with Crippen LogP contribution in [-0.4, -0.2) is 28.9 Å². The first-order valence-corrected chi connectivity index (χ1v) is 5.39. The number of fused-ring (bicyclic) bond motifs is 1. The van der Waals surface area contributed by atoms with Gasteiger partial charge in [0.2, 0.25) is 0 Å². The van der Waals surface area contributed by atoms with Gasteiger partial charge in [0.25, 0.3) is 5.78 Å². The Morgan fingerprint density at radius 3 is 2.94 bits per heavy atom. The normalized spacial score (nSPS) is 9.89. The highest BCUT2D eigenvalue weighted by molar-refractivity contribution is 6.33. The molecule has 0 amide bonds. The molecule has 0 fully saturated rings. The number of hydrogen-bond acceptors (Lipinski definition) is 3. The van der Waals surface area contributed by atoms with Crippen LogP contribution in [0, 0.1) is 0 Å². The maximum atomic E-state index is 11.5. The Kier molecular flexibility index (Phi) is 3.37. The number of rotatable bonds is 3. The van der Waals surface area contributed by atoms with Crippen LogP contribution in [0.25, 0.3) is 16.4 Å². The zero-order valence-corrected chi connectivity index (χ0v) is 10.2. The van der Waals surface area contributed by atoms with Gasteiger partial charge in [-0.1, -0.05) is 17.7 Å². The predicted octanol–water partition coefficient (Wildman–Crippen LogP) is 2.38. The molecule has 18 heavy (non-hydrogen) atoms. The number of carbonyl (C=O) groups is 1. The van der Waals surface area contributed by atoms with Crippen molar-refractivity contribution >= 4 is 34.5 Å². The van der Waals surface area contributed by atoms with Gasteiger partial charge < -0.3 is 10.3 Å². The molecule has 0 radical (unpaired) electrons. The largest absolute Gasteiger partial charge is 0.495 e. The van der Waals surface area contributed by atoms with Gasteiger partial charge in [0.05, 0.1) is 17.6 Å². The number of ether oxygens (including phenoxy) is 1. The number of methoxy groups -OCH3 is 1. The molecule has 0 aliphatic heterocycles. The number of ketones is 1. The molecule has 6 heteroatoms. The van der Waals surface area contributed by atoms with Gasteiger partial charge in [0.15, 0.2) is 0 Å². The average molecular weight is 262 g/mol. The van der Waals surface area contributed by atoms with Gasteiger partial charge in [-0.25, -0.2) is 4.98 Å². The van der Waals surface area contributed by atoms with Crippen LogP contribution in [0.3, 0.4) is 0 Å². The summed E-state index contributed by atoms with van der Waals surface area (Å²) in [5, 5.41) is 1.21. The van der Waals surface area contributed by atoms with Crippen LogP contribution in [0.4, 0.5) is 0 Å². The fraction of sp³-hybridized carbons (Fsp3) is 0.0833. The van der Waals surface area contributed by atoms with Crippen molar-refractivity contribution in [3.05, 3.63) is 40.5 Å². The summed E-state index contributed by atoms with van der Waals surface area (Å²) in [6.45, 7) is 0. The third-order valence-electron chi connectivity index (χ3n) is 2.39. The first-order valence-electron chi connectivity index (χ1n) is 5.01. The van der Waals surface area contributed by atoms with Crippen molar-refractivity contribution < 1.29 is 14.3 Å². The molecule has 90 valence electrons. The fourth-order valence-electron chi connectivity index (χ4n) is 1.54. The molecule has 0 bridgehead atoms. The number of hydrogen-bond donors (Lipinski definition) is 0. The molecule has 0 N–H and O–H groups in total. The highest BCUT2D eigenvalue weighted by Crippen LogP contribution is 2.29. The summed E-state index contributed by atoms with van der Waals surface area (Å²) in [6, 6.07) is 6.61. The number of pyridine rings is 1. The lowest BCUT2D eigenvalue weighted by molar-refractivity contribution is 0.00230. The first-order chi connectivity index (χ1) is 8.65. The molecule has 0 aliphatic carbocycles. The number of halogens is 1. The Labute approximate surface area is 108 Å². The minimum atomic E-state index is -0.480. The fourth-order valence-corrected chi connectivity index (χ4v) is 1.77. The molecule has 5 nitrogen and oxygen atoms in total. The van der Waals surface area contributed by atoms with Crippen LogP contribution in [0.2, 0.25) is 5.02 Å². The summed E-state index contributed by atoms with van der Waals surface area (Å²) in [6.07, 6.45) is 0.791. The Hall–Kier alpha value is -2.23. The van der Waals surface area contributed by atoms with Crippen LogP contribution in [-0.2, 0) is 0 Å². The maximum Gasteiger partial charge on any atom is 0.329 e. The van der Waals surface area contributed by atoms with E-state index in [1.807, 2.05) is 0 Å². The second-order valence-corrected chi connectivity index (χ2v) is 3.89. The van der Waals surface area contributed by atoms with Gasteiger partial charge >= 0.3 is 6.21 Å². The quantitative estimate of drug-likeness (QED) is 0.368. The molecule has 0 unspecified atom stereocenters. The molecule has 2 rings (SSSR count). The van der Waals surface area contributed by atoms with Crippen molar-refractivity contribution in [3.63, 3.8) is 0 Å². The summed E-state index contributed by atoms with van der Waals surface area (Å²) >= 11 is 5.98. The molecular formula is C12H8ClN3O2. The second-order valence-electron chi connectivity index (χ2n) is 3.48. The standard InChI is InChI=1S/C12H8ClN3O2/c1-18-12-4-7-2-3-9(11(17)6-15-14)16-10(7)5-8(12)13/h2-6H,1H3. The van der Waals surface area contributed by atoms with Crippen molar-refractivity contribution in [1.29, 1.82) is 0 Å². The molecule has 0 aliphatic rings. The molecule has 0 saturated heterocycles. The minimum Gasteiger partial charge on any atom is -0.495 e. The Bertz CT molecular complexity index is 678. The van der Waals surface area contributed by atoms with E-state index in [9.17, 15) is 4.79 Å². The first kappa shape index (κ1) is 12.2. The van der Waals surface area contributed by atoms with Gasteiger partial charge in [-0.2, -0.15) is 4.79 Å². The Morgan fingerprint density at radius 2 is 2.28 bits per heavy atom. The molecule has 0 atom stereocenters. The van der Waals surface area contributed by atoms with Crippen LogP contribution in [0.5, 0.6) is 5.75 Å². The van der Waals surface area contributed by atoms with Crippen LogP contribution in [0.1, 0.15) is 10.5 Å². The summed E-state index contributed by atoms with van der Waals surface area (Å²) in [5.41, 5.74) is 9.06. The van der Waals surface area contributed by atoms with Crippen LogP contribution in [0.15, 0.2) is 24.3 Å². The number of benzene rings is 1. The lowest BCUT2D eigenvalue weighted by atomic mass is 10.1. The minimum absolute atomic E-state index is 0.182. The number of nitrogens with zero attached hydrogens (tertiary/aromatic N) is 3. The topological polar surface area (TPSA) is 75.6 Å². The Morgan fingerprint density at radius 1 is 1.50 bits per heavy atom. The molecule has 1 aromatic carbocycles. The van der Waals surface area contributed by atoms with E-state index in [0.717, 1.165) is 11.6 Å². The highest BCUT2D eigenvalue weighted by atomic mass is 35.5. The van der Waals surface area contributed by atoms with E-state index >= 15 is 0 Å². The average Bonchev–Trinajstić information content (AvgIpc) is 2.37. The SMILES string of the molecule is COc1cc2ccc(C(=O)C=[N+]=[N-])nc2cc1Cl. The summed E-state index contributed by atoms with van der Waals surface area (Å²) < 4.78 is 5.09. The van der Waals surface area contributed by atoms with E-state index < -0.39 is 5.78 Å². The molecule has 1 aromatic heterocycles. The summed E-state index contributed by atoms with van der Waals surface area (Å²) in [5.74, 6) is 0.0632. The number of carbonyl (C=O) groups excluding carboxylic acids is 1. The molecule has 2 aromatic rings. The van der Waals surface area contributed by atoms with Crippen molar-refractivity contribution in [1.82, 2.24) is 4.98 Å². The number of aromatic nitrogens is 1. The van der Waals surface area contributed by atoms with E-state index in [1.165, 1.54) is 7.11 Å². The van der Waals surface area contributed by atoms with Crippen molar-refractivity contribution in [2.24, 2.45) is 0 Å². The van der Waals surface area contributed by atoms with Crippen LogP contribution >= 0.6 is 11.6 Å². The lowest BCUT2D eigenvalue weighted by Gasteiger charge is -2.05. The highest BCUT2D eigenvalue weighted by Gasteiger charge is 2.11. The van der Waals surface area contributed by atoms with Gasteiger partial charge in [0, 0.05) is 5.39 Å². The van der Waals surface area contributed by atoms with E-state index in [0.29, 0.717) is 16.3 Å². The van der Waals surface area contributed by atoms with E-state index in [2.05, 4.69) is 9.77 Å². The van der Waals surface area contributed by atoms with Gasteiger partial charge in [0.1, 0.15) is 11.4 Å². The van der Waals surface area contributed by atoms with Crippen LogP contribution < -0.4 is 4.74 Å². The molecular weight excluding hydrogens is 254 g/mol. The van der Waals surface area contributed by atoms with E-state index in [4.69, 9.17) is 21.9 Å². The van der Waals surface area contributed by atoms with E-state index in [1.54, 1.807) is 24.3 Å². The predicted molar refractivity (Wildman–Crippen MR) is 67.3 cm³/mol. The third-order valence-corrected chi connectivity index (χ3v) is 2.69. The smallest absolute Gasteiger partial charge is 0.329 e. The zero-order valence-electron chi connectivity index (χ0n) is 9.42. The third kappa shape index (κ3) is 2.22. The Balaban J connectivity index is 2.58. The second kappa shape index (κ2) is 4.96. The summed E-state index contributed by atoms with van der Waals surface area (Å²) in [7, 11) is 1.52. The van der Waals surface area contributed by atoms with Crippen molar-refractivity contribution in [2.45, 2.75) is 0 Å². The zero-order chi connectivity index (χ0) is 13.1. The molecule has 1 heterocycles. The lowest BCUT2D eigenvalue weighted by Crippen LogP contribution is -2.03. The van der Waals surface area contributed by atoms with Gasteiger partial charge in [-0.05, 0) is 18.2 Å². The van der Waals surface area contributed by atoms with Gasteiger partial charge in [-0.15, -0.1) is 0 Å². The molecule has 0 spiro atoms. The van der Waals surface area contributed by atoms with Crippen molar-refractivity contribution in [2.75, 3.05) is 7.11 Å².